The molecule has 0 spiro atoms. The van der Waals surface area contributed by atoms with Gasteiger partial charge in [-0.15, -0.1) is 5.10 Å². The zero-order valence-electron chi connectivity index (χ0n) is 11.4. The van der Waals surface area contributed by atoms with Gasteiger partial charge in [0, 0.05) is 13.5 Å². The van der Waals surface area contributed by atoms with Gasteiger partial charge >= 0.3 is 0 Å². The van der Waals surface area contributed by atoms with E-state index in [4.69, 9.17) is 9.47 Å². The molecular formula is C13H14BrN3O3. The van der Waals surface area contributed by atoms with Crippen molar-refractivity contribution in [3.8, 4) is 11.5 Å². The Morgan fingerprint density at radius 3 is 2.55 bits per heavy atom. The van der Waals surface area contributed by atoms with E-state index in [1.54, 1.807) is 33.4 Å². The summed E-state index contributed by atoms with van der Waals surface area (Å²) in [6, 6.07) is 5.39. The van der Waals surface area contributed by atoms with Gasteiger partial charge in [0.25, 0.3) is 0 Å². The van der Waals surface area contributed by atoms with Gasteiger partial charge in [0.15, 0.2) is 21.9 Å². The van der Waals surface area contributed by atoms with E-state index in [2.05, 4.69) is 26.2 Å². The molecule has 0 aliphatic heterocycles. The van der Waals surface area contributed by atoms with Gasteiger partial charge in [-0.2, -0.15) is 0 Å². The minimum absolute atomic E-state index is 0.0726. The third-order valence-electron chi connectivity index (χ3n) is 2.86. The number of ketones is 1. The van der Waals surface area contributed by atoms with Crippen LogP contribution < -0.4 is 9.47 Å². The van der Waals surface area contributed by atoms with E-state index in [1.165, 1.54) is 4.68 Å². The lowest BCUT2D eigenvalue weighted by Gasteiger charge is -2.09. The van der Waals surface area contributed by atoms with Crippen LogP contribution in [0.25, 0.3) is 0 Å². The number of hydrogen-bond donors (Lipinski definition) is 0. The summed E-state index contributed by atoms with van der Waals surface area (Å²) in [4.78, 5) is 12.3. The molecule has 0 aliphatic rings. The average Bonchev–Trinajstić information content (AvgIpc) is 2.78. The molecule has 7 heteroatoms. The van der Waals surface area contributed by atoms with E-state index in [-0.39, 0.29) is 12.2 Å². The summed E-state index contributed by atoms with van der Waals surface area (Å²) >= 11 is 3.22. The van der Waals surface area contributed by atoms with Gasteiger partial charge in [-0.05, 0) is 33.6 Å². The van der Waals surface area contributed by atoms with Crippen molar-refractivity contribution in [2.45, 2.75) is 6.42 Å². The number of Topliss-reactive ketones (excluding diaryl/α,β-unsaturated/α-hetero) is 1. The maximum absolute atomic E-state index is 12.3. The van der Waals surface area contributed by atoms with Crippen LogP contribution in [-0.4, -0.2) is 35.0 Å². The predicted molar refractivity (Wildman–Crippen MR) is 76.3 cm³/mol. The van der Waals surface area contributed by atoms with Gasteiger partial charge < -0.3 is 9.47 Å². The standard InChI is InChI=1S/C13H14BrN3O3/c1-17-12(13(14)15-16-17)9(18)6-8-4-5-10(19-2)11(7-8)20-3/h4-5,7H,6H2,1-3H3. The zero-order chi connectivity index (χ0) is 14.7. The molecule has 0 aliphatic carbocycles. The van der Waals surface area contributed by atoms with E-state index in [0.717, 1.165) is 5.56 Å². The largest absolute Gasteiger partial charge is 0.493 e. The molecule has 1 heterocycles. The van der Waals surface area contributed by atoms with Crippen LogP contribution >= 0.6 is 15.9 Å². The number of halogens is 1. The summed E-state index contributed by atoms with van der Waals surface area (Å²) in [7, 11) is 4.81. The summed E-state index contributed by atoms with van der Waals surface area (Å²) in [5.41, 5.74) is 1.28. The minimum atomic E-state index is -0.0726. The molecular weight excluding hydrogens is 326 g/mol. The number of ether oxygens (including phenoxy) is 2. The highest BCUT2D eigenvalue weighted by molar-refractivity contribution is 9.10. The highest BCUT2D eigenvalue weighted by Gasteiger charge is 2.17. The van der Waals surface area contributed by atoms with Crippen LogP contribution in [0.3, 0.4) is 0 Å². The fourth-order valence-electron chi connectivity index (χ4n) is 1.89. The number of rotatable bonds is 5. The highest BCUT2D eigenvalue weighted by Crippen LogP contribution is 2.28. The Labute approximate surface area is 124 Å². The second-order valence-corrected chi connectivity index (χ2v) is 4.89. The molecule has 106 valence electrons. The maximum Gasteiger partial charge on any atom is 0.188 e. The fourth-order valence-corrected chi connectivity index (χ4v) is 2.44. The highest BCUT2D eigenvalue weighted by atomic mass is 79.9. The number of methoxy groups -OCH3 is 2. The Hall–Kier alpha value is -1.89. The normalized spacial score (nSPS) is 10.4. The van der Waals surface area contributed by atoms with Crippen molar-refractivity contribution in [3.63, 3.8) is 0 Å². The van der Waals surface area contributed by atoms with Crippen LogP contribution in [0.4, 0.5) is 0 Å². The Kier molecular flexibility index (Phi) is 4.39. The van der Waals surface area contributed by atoms with Crippen LogP contribution in [0.2, 0.25) is 0 Å². The lowest BCUT2D eigenvalue weighted by atomic mass is 10.1. The summed E-state index contributed by atoms with van der Waals surface area (Å²) in [5, 5.41) is 7.60. The predicted octanol–water partition coefficient (Wildman–Crippen LogP) is 2.02. The number of carbonyl (C=O) groups excluding carboxylic acids is 1. The van der Waals surface area contributed by atoms with Crippen LogP contribution in [0, 0.1) is 0 Å². The number of carbonyl (C=O) groups is 1. The van der Waals surface area contributed by atoms with Gasteiger partial charge in [-0.3, -0.25) is 4.79 Å². The number of hydrogen-bond acceptors (Lipinski definition) is 5. The second-order valence-electron chi connectivity index (χ2n) is 4.14. The summed E-state index contributed by atoms with van der Waals surface area (Å²) in [6.07, 6.45) is 0.236. The molecule has 0 radical (unpaired) electrons. The van der Waals surface area contributed by atoms with E-state index in [1.807, 2.05) is 6.07 Å². The Morgan fingerprint density at radius 1 is 1.30 bits per heavy atom. The average molecular weight is 340 g/mol. The SMILES string of the molecule is COc1ccc(CC(=O)c2c(Br)nnn2C)cc1OC. The van der Waals surface area contributed by atoms with E-state index < -0.39 is 0 Å². The van der Waals surface area contributed by atoms with Crippen molar-refractivity contribution in [1.29, 1.82) is 0 Å². The quantitative estimate of drug-likeness (QED) is 0.779. The van der Waals surface area contributed by atoms with Crippen molar-refractivity contribution in [3.05, 3.63) is 34.1 Å². The van der Waals surface area contributed by atoms with Gasteiger partial charge in [0.1, 0.15) is 5.69 Å². The lowest BCUT2D eigenvalue weighted by molar-refractivity contribution is 0.0983. The van der Waals surface area contributed by atoms with Crippen molar-refractivity contribution in [2.24, 2.45) is 7.05 Å². The van der Waals surface area contributed by atoms with Gasteiger partial charge in [-0.1, -0.05) is 11.3 Å². The smallest absolute Gasteiger partial charge is 0.188 e. The van der Waals surface area contributed by atoms with Gasteiger partial charge in [0.2, 0.25) is 0 Å². The first-order valence-corrected chi connectivity index (χ1v) is 6.65. The van der Waals surface area contributed by atoms with E-state index in [0.29, 0.717) is 21.8 Å². The molecule has 1 aromatic heterocycles. The molecule has 0 bridgehead atoms. The Bertz CT molecular complexity index is 620. The summed E-state index contributed by atoms with van der Waals surface area (Å²) < 4.78 is 12.3. The van der Waals surface area contributed by atoms with Gasteiger partial charge in [0.05, 0.1) is 14.2 Å². The van der Waals surface area contributed by atoms with Crippen molar-refractivity contribution in [2.75, 3.05) is 14.2 Å². The molecule has 2 aromatic rings. The number of aromatic nitrogens is 3. The molecule has 0 unspecified atom stereocenters. The van der Waals surface area contributed by atoms with Crippen LogP contribution in [0.15, 0.2) is 22.8 Å². The molecule has 0 fully saturated rings. The number of nitrogens with zero attached hydrogens (tertiary/aromatic N) is 3. The monoisotopic (exact) mass is 339 g/mol. The fraction of sp³-hybridized carbons (Fsp3) is 0.308. The minimum Gasteiger partial charge on any atom is -0.493 e. The molecule has 0 amide bonds. The summed E-state index contributed by atoms with van der Waals surface area (Å²) in [5.74, 6) is 1.16. The Morgan fingerprint density at radius 2 is 2.00 bits per heavy atom. The molecule has 2 rings (SSSR count). The first kappa shape index (κ1) is 14.5. The van der Waals surface area contributed by atoms with E-state index >= 15 is 0 Å². The molecule has 1 aromatic carbocycles. The molecule has 6 nitrogen and oxygen atoms in total. The molecule has 0 atom stereocenters. The summed E-state index contributed by atoms with van der Waals surface area (Å²) in [6.45, 7) is 0. The first-order valence-electron chi connectivity index (χ1n) is 5.86. The first-order chi connectivity index (χ1) is 9.56. The van der Waals surface area contributed by atoms with Crippen molar-refractivity contribution < 1.29 is 14.3 Å². The third-order valence-corrected chi connectivity index (χ3v) is 3.40. The lowest BCUT2D eigenvalue weighted by Crippen LogP contribution is -2.10. The van der Waals surface area contributed by atoms with Gasteiger partial charge in [-0.25, -0.2) is 4.68 Å². The Balaban J connectivity index is 2.24. The number of benzene rings is 1. The zero-order valence-corrected chi connectivity index (χ0v) is 13.0. The van der Waals surface area contributed by atoms with Crippen molar-refractivity contribution >= 4 is 21.7 Å². The maximum atomic E-state index is 12.3. The number of aryl methyl sites for hydroxylation is 1. The second kappa shape index (κ2) is 6.04. The molecule has 20 heavy (non-hydrogen) atoms. The van der Waals surface area contributed by atoms with Crippen LogP contribution in [0.1, 0.15) is 16.1 Å². The van der Waals surface area contributed by atoms with Crippen molar-refractivity contribution in [1.82, 2.24) is 15.0 Å². The van der Waals surface area contributed by atoms with Crippen LogP contribution in [-0.2, 0) is 13.5 Å². The van der Waals surface area contributed by atoms with E-state index in [9.17, 15) is 4.79 Å². The topological polar surface area (TPSA) is 66.2 Å². The third kappa shape index (κ3) is 2.82. The molecule has 0 saturated heterocycles. The van der Waals surface area contributed by atoms with Crippen LogP contribution in [0.5, 0.6) is 11.5 Å². The molecule has 0 saturated carbocycles. The molecule has 0 N–H and O–H groups in total.